The largest absolute Gasteiger partial charge is 0.481 e. The first-order valence-corrected chi connectivity index (χ1v) is 5.84. The number of aliphatic hydroxyl groups is 1. The molecule has 2 N–H and O–H groups in total. The van der Waals surface area contributed by atoms with Crippen molar-refractivity contribution in [1.82, 2.24) is 0 Å². The Morgan fingerprint density at radius 1 is 1.56 bits per heavy atom. The van der Waals surface area contributed by atoms with E-state index in [1.807, 2.05) is 13.8 Å². The zero-order valence-corrected chi connectivity index (χ0v) is 10.3. The van der Waals surface area contributed by atoms with Crippen LogP contribution in [0.25, 0.3) is 0 Å². The minimum atomic E-state index is -0.959. The van der Waals surface area contributed by atoms with Crippen molar-refractivity contribution in [3.8, 4) is 0 Å². The van der Waals surface area contributed by atoms with Crippen LogP contribution in [0.5, 0.6) is 0 Å². The van der Waals surface area contributed by atoms with E-state index in [1.165, 1.54) is 0 Å². The molecule has 0 aromatic carbocycles. The summed E-state index contributed by atoms with van der Waals surface area (Å²) in [6.07, 6.45) is 1.60. The molecule has 16 heavy (non-hydrogen) atoms. The van der Waals surface area contributed by atoms with Crippen molar-refractivity contribution in [1.29, 1.82) is 0 Å². The molecule has 1 fully saturated rings. The van der Waals surface area contributed by atoms with Crippen LogP contribution in [0.3, 0.4) is 0 Å². The van der Waals surface area contributed by atoms with Crippen LogP contribution in [-0.2, 0) is 9.53 Å². The lowest BCUT2D eigenvalue weighted by atomic mass is 9.71. The molecular weight excluding hydrogens is 208 g/mol. The molecule has 94 valence electrons. The quantitative estimate of drug-likeness (QED) is 0.771. The van der Waals surface area contributed by atoms with Gasteiger partial charge in [-0.2, -0.15) is 0 Å². The smallest absolute Gasteiger partial charge is 0.312 e. The molecular formula is C12H22O4. The summed E-state index contributed by atoms with van der Waals surface area (Å²) >= 11 is 0. The van der Waals surface area contributed by atoms with E-state index >= 15 is 0 Å². The van der Waals surface area contributed by atoms with Gasteiger partial charge in [0, 0.05) is 6.61 Å². The maximum absolute atomic E-state index is 11.4. The average Bonchev–Trinajstić information content (AvgIpc) is 2.18. The van der Waals surface area contributed by atoms with E-state index in [1.54, 1.807) is 6.92 Å². The molecule has 0 amide bonds. The number of ether oxygens (including phenoxy) is 1. The number of hydrogen-bond acceptors (Lipinski definition) is 3. The fourth-order valence-corrected chi connectivity index (χ4v) is 2.13. The van der Waals surface area contributed by atoms with Gasteiger partial charge in [-0.05, 0) is 32.1 Å². The molecule has 0 aromatic heterocycles. The Labute approximate surface area is 96.6 Å². The highest BCUT2D eigenvalue weighted by atomic mass is 16.5. The number of aliphatic carboxylic acids is 1. The molecule has 1 rings (SSSR count). The van der Waals surface area contributed by atoms with Gasteiger partial charge in [0.2, 0.25) is 0 Å². The SMILES string of the molecule is CC(C)C(C)(O)CC1(C(=O)O)CCCOC1. The van der Waals surface area contributed by atoms with Crippen LogP contribution in [0, 0.1) is 11.3 Å². The highest BCUT2D eigenvalue weighted by molar-refractivity contribution is 5.75. The molecule has 2 atom stereocenters. The first-order valence-electron chi connectivity index (χ1n) is 5.84. The van der Waals surface area contributed by atoms with E-state index in [-0.39, 0.29) is 18.9 Å². The predicted molar refractivity (Wildman–Crippen MR) is 60.2 cm³/mol. The highest BCUT2D eigenvalue weighted by Crippen LogP contribution is 2.39. The van der Waals surface area contributed by atoms with Gasteiger partial charge in [0.1, 0.15) is 0 Å². The fraction of sp³-hybridized carbons (Fsp3) is 0.917. The van der Waals surface area contributed by atoms with Crippen molar-refractivity contribution < 1.29 is 19.7 Å². The van der Waals surface area contributed by atoms with Gasteiger partial charge in [0.25, 0.3) is 0 Å². The highest BCUT2D eigenvalue weighted by Gasteiger charge is 2.46. The Hall–Kier alpha value is -0.610. The predicted octanol–water partition coefficient (Wildman–Crippen LogP) is 1.66. The van der Waals surface area contributed by atoms with E-state index in [0.29, 0.717) is 13.0 Å². The second-order valence-electron chi connectivity index (χ2n) is 5.43. The van der Waals surface area contributed by atoms with Gasteiger partial charge in [-0.1, -0.05) is 13.8 Å². The molecule has 0 aromatic rings. The van der Waals surface area contributed by atoms with Crippen molar-refractivity contribution in [2.24, 2.45) is 11.3 Å². The molecule has 0 spiro atoms. The van der Waals surface area contributed by atoms with Crippen molar-refractivity contribution in [3.63, 3.8) is 0 Å². The summed E-state index contributed by atoms with van der Waals surface area (Å²) in [7, 11) is 0. The second-order valence-corrected chi connectivity index (χ2v) is 5.43. The molecule has 4 nitrogen and oxygen atoms in total. The van der Waals surface area contributed by atoms with E-state index in [0.717, 1.165) is 6.42 Å². The van der Waals surface area contributed by atoms with Gasteiger partial charge in [0.05, 0.1) is 17.6 Å². The van der Waals surface area contributed by atoms with Crippen LogP contribution in [0.15, 0.2) is 0 Å². The Morgan fingerprint density at radius 2 is 2.19 bits per heavy atom. The Morgan fingerprint density at radius 3 is 2.56 bits per heavy atom. The molecule has 0 aliphatic carbocycles. The lowest BCUT2D eigenvalue weighted by molar-refractivity contribution is -0.165. The molecule has 2 unspecified atom stereocenters. The van der Waals surface area contributed by atoms with Crippen LogP contribution in [0.4, 0.5) is 0 Å². The summed E-state index contributed by atoms with van der Waals surface area (Å²) in [4.78, 5) is 11.4. The maximum atomic E-state index is 11.4. The van der Waals surface area contributed by atoms with Crippen molar-refractivity contribution >= 4 is 5.97 Å². The summed E-state index contributed by atoms with van der Waals surface area (Å²) in [5, 5.41) is 19.6. The van der Waals surface area contributed by atoms with Crippen molar-refractivity contribution in [3.05, 3.63) is 0 Å². The molecule has 0 saturated carbocycles. The van der Waals surface area contributed by atoms with Crippen LogP contribution in [-0.4, -0.2) is 35.0 Å². The Balaban J connectivity index is 2.83. The summed E-state index contributed by atoms with van der Waals surface area (Å²) in [6, 6.07) is 0. The van der Waals surface area contributed by atoms with E-state index in [9.17, 15) is 15.0 Å². The first-order chi connectivity index (χ1) is 7.30. The molecule has 1 heterocycles. The Kier molecular flexibility index (Phi) is 3.97. The summed E-state index contributed by atoms with van der Waals surface area (Å²) < 4.78 is 5.28. The number of carboxylic acid groups (broad SMARTS) is 1. The average molecular weight is 230 g/mol. The van der Waals surface area contributed by atoms with E-state index in [4.69, 9.17) is 4.74 Å². The standard InChI is InChI=1S/C12H22O4/c1-9(2)11(3,15)7-12(10(13)14)5-4-6-16-8-12/h9,15H,4-8H2,1-3H3,(H,13,14). The number of carboxylic acids is 1. The van der Waals surface area contributed by atoms with Crippen LogP contribution >= 0.6 is 0 Å². The zero-order valence-electron chi connectivity index (χ0n) is 10.3. The normalized spacial score (nSPS) is 30.1. The Bertz CT molecular complexity index is 252. The third kappa shape index (κ3) is 2.74. The molecule has 0 bridgehead atoms. The lowest BCUT2D eigenvalue weighted by Gasteiger charge is -2.40. The molecule has 1 aliphatic heterocycles. The minimum Gasteiger partial charge on any atom is -0.481 e. The van der Waals surface area contributed by atoms with Crippen molar-refractivity contribution in [2.45, 2.75) is 45.6 Å². The van der Waals surface area contributed by atoms with Gasteiger partial charge >= 0.3 is 5.97 Å². The molecule has 1 saturated heterocycles. The maximum Gasteiger partial charge on any atom is 0.312 e. The van der Waals surface area contributed by atoms with Gasteiger partial charge < -0.3 is 14.9 Å². The number of rotatable bonds is 4. The van der Waals surface area contributed by atoms with Crippen LogP contribution in [0.1, 0.15) is 40.0 Å². The lowest BCUT2D eigenvalue weighted by Crippen LogP contribution is -2.47. The van der Waals surface area contributed by atoms with Gasteiger partial charge in [-0.25, -0.2) is 0 Å². The summed E-state index contributed by atoms with van der Waals surface area (Å²) in [6.45, 7) is 6.35. The third-order valence-corrected chi connectivity index (χ3v) is 3.72. The first kappa shape index (κ1) is 13.5. The van der Waals surface area contributed by atoms with Crippen LogP contribution in [0.2, 0.25) is 0 Å². The van der Waals surface area contributed by atoms with Gasteiger partial charge in [0.15, 0.2) is 0 Å². The fourth-order valence-electron chi connectivity index (χ4n) is 2.13. The summed E-state index contributed by atoms with van der Waals surface area (Å²) in [5.74, 6) is -0.821. The number of hydrogen-bond donors (Lipinski definition) is 2. The van der Waals surface area contributed by atoms with E-state index < -0.39 is 17.0 Å². The van der Waals surface area contributed by atoms with E-state index in [2.05, 4.69) is 0 Å². The number of carbonyl (C=O) groups is 1. The van der Waals surface area contributed by atoms with Crippen molar-refractivity contribution in [2.75, 3.05) is 13.2 Å². The van der Waals surface area contributed by atoms with Crippen LogP contribution < -0.4 is 0 Å². The monoisotopic (exact) mass is 230 g/mol. The minimum absolute atomic E-state index is 0.0330. The topological polar surface area (TPSA) is 66.8 Å². The third-order valence-electron chi connectivity index (χ3n) is 3.72. The summed E-state index contributed by atoms with van der Waals surface area (Å²) in [5.41, 5.74) is -1.87. The molecule has 1 aliphatic rings. The van der Waals surface area contributed by atoms with Gasteiger partial charge in [-0.3, -0.25) is 4.79 Å². The zero-order chi connectivity index (χ0) is 12.4. The molecule has 0 radical (unpaired) electrons. The molecule has 4 heteroatoms. The van der Waals surface area contributed by atoms with Gasteiger partial charge in [-0.15, -0.1) is 0 Å². The second kappa shape index (κ2) is 4.72.